The Hall–Kier alpha value is -2.62. The zero-order valence-corrected chi connectivity index (χ0v) is 13.5. The van der Waals surface area contributed by atoms with Gasteiger partial charge >= 0.3 is 0 Å². The molecule has 4 nitrogen and oxygen atoms in total. The van der Waals surface area contributed by atoms with Gasteiger partial charge in [0.25, 0.3) is 0 Å². The largest absolute Gasteiger partial charge is 0.351 e. The molecule has 0 aliphatic carbocycles. The van der Waals surface area contributed by atoms with Crippen LogP contribution in [0.1, 0.15) is 37.3 Å². The second kappa shape index (κ2) is 8.13. The summed E-state index contributed by atoms with van der Waals surface area (Å²) in [6.45, 7) is 3.96. The van der Waals surface area contributed by atoms with Gasteiger partial charge in [-0.1, -0.05) is 49.4 Å². The van der Waals surface area contributed by atoms with Gasteiger partial charge in [0, 0.05) is 19.2 Å². The minimum Gasteiger partial charge on any atom is -0.351 e. The van der Waals surface area contributed by atoms with Gasteiger partial charge in [0.1, 0.15) is 0 Å². The van der Waals surface area contributed by atoms with E-state index in [1.807, 2.05) is 61.5 Å². The van der Waals surface area contributed by atoms with Crippen LogP contribution in [-0.4, -0.2) is 11.8 Å². The van der Waals surface area contributed by atoms with E-state index in [2.05, 4.69) is 10.6 Å². The first-order chi connectivity index (χ1) is 11.1. The maximum Gasteiger partial charge on any atom is 0.227 e. The SMILES string of the molecule is CC[C@@H](C(=O)NCc1ccc(NC(C)=O)cc1)c1ccccc1. The highest BCUT2D eigenvalue weighted by Gasteiger charge is 2.17. The molecule has 4 heteroatoms. The zero-order chi connectivity index (χ0) is 16.7. The fourth-order valence-electron chi connectivity index (χ4n) is 2.48. The van der Waals surface area contributed by atoms with Gasteiger partial charge in [0.05, 0.1) is 5.92 Å². The minimum absolute atomic E-state index is 0.0321. The molecule has 23 heavy (non-hydrogen) atoms. The lowest BCUT2D eigenvalue weighted by Gasteiger charge is -2.15. The maximum atomic E-state index is 12.4. The summed E-state index contributed by atoms with van der Waals surface area (Å²) in [5.74, 6) is -0.195. The summed E-state index contributed by atoms with van der Waals surface area (Å²) in [7, 11) is 0. The van der Waals surface area contributed by atoms with Crippen molar-refractivity contribution in [3.8, 4) is 0 Å². The number of hydrogen-bond donors (Lipinski definition) is 2. The molecule has 0 aliphatic heterocycles. The van der Waals surface area contributed by atoms with E-state index in [0.29, 0.717) is 6.54 Å². The predicted octanol–water partition coefficient (Wildman–Crippen LogP) is 3.46. The average Bonchev–Trinajstić information content (AvgIpc) is 2.55. The Kier molecular flexibility index (Phi) is 5.92. The van der Waals surface area contributed by atoms with E-state index in [4.69, 9.17) is 0 Å². The molecular formula is C19H22N2O2. The summed E-state index contributed by atoms with van der Waals surface area (Å²) < 4.78 is 0. The second-order valence-corrected chi connectivity index (χ2v) is 5.47. The highest BCUT2D eigenvalue weighted by atomic mass is 16.2. The Balaban J connectivity index is 1.94. The van der Waals surface area contributed by atoms with E-state index in [-0.39, 0.29) is 17.7 Å². The molecule has 2 amide bonds. The van der Waals surface area contributed by atoms with Crippen LogP contribution < -0.4 is 10.6 Å². The van der Waals surface area contributed by atoms with Gasteiger partial charge in [-0.05, 0) is 29.7 Å². The van der Waals surface area contributed by atoms with E-state index in [9.17, 15) is 9.59 Å². The first-order valence-electron chi connectivity index (χ1n) is 7.79. The van der Waals surface area contributed by atoms with E-state index in [0.717, 1.165) is 23.2 Å². The number of hydrogen-bond acceptors (Lipinski definition) is 2. The zero-order valence-electron chi connectivity index (χ0n) is 13.5. The van der Waals surface area contributed by atoms with Crippen LogP contribution in [0, 0.1) is 0 Å². The summed E-state index contributed by atoms with van der Waals surface area (Å²) in [5.41, 5.74) is 2.78. The number of amides is 2. The molecule has 0 heterocycles. The van der Waals surface area contributed by atoms with Crippen LogP contribution in [0.25, 0.3) is 0 Å². The summed E-state index contributed by atoms with van der Waals surface area (Å²) in [5, 5.41) is 5.70. The average molecular weight is 310 g/mol. The normalized spacial score (nSPS) is 11.6. The van der Waals surface area contributed by atoms with Crippen molar-refractivity contribution in [3.63, 3.8) is 0 Å². The van der Waals surface area contributed by atoms with E-state index < -0.39 is 0 Å². The molecule has 0 bridgehead atoms. The molecule has 0 unspecified atom stereocenters. The third-order valence-corrected chi connectivity index (χ3v) is 3.67. The van der Waals surface area contributed by atoms with E-state index >= 15 is 0 Å². The molecule has 1 atom stereocenters. The summed E-state index contributed by atoms with van der Waals surface area (Å²) in [4.78, 5) is 23.4. The molecule has 0 saturated carbocycles. The lowest BCUT2D eigenvalue weighted by atomic mass is 9.95. The molecule has 0 fully saturated rings. The fraction of sp³-hybridized carbons (Fsp3) is 0.263. The lowest BCUT2D eigenvalue weighted by molar-refractivity contribution is -0.122. The quantitative estimate of drug-likeness (QED) is 0.858. The second-order valence-electron chi connectivity index (χ2n) is 5.47. The standard InChI is InChI=1S/C19H22N2O2/c1-3-18(16-7-5-4-6-8-16)19(23)20-13-15-9-11-17(12-10-15)21-14(2)22/h4-12,18H,3,13H2,1-2H3,(H,20,23)(H,21,22)/t18-/m1/s1. The first-order valence-corrected chi connectivity index (χ1v) is 7.79. The van der Waals surface area contributed by atoms with Gasteiger partial charge in [0.2, 0.25) is 11.8 Å². The maximum absolute atomic E-state index is 12.4. The van der Waals surface area contributed by atoms with Crippen LogP contribution >= 0.6 is 0 Å². The van der Waals surface area contributed by atoms with Crippen LogP contribution in [0.3, 0.4) is 0 Å². The van der Waals surface area contributed by atoms with Crippen molar-refractivity contribution < 1.29 is 9.59 Å². The molecule has 0 aromatic heterocycles. The lowest BCUT2D eigenvalue weighted by Crippen LogP contribution is -2.28. The number of rotatable bonds is 6. The number of nitrogens with one attached hydrogen (secondary N) is 2. The smallest absolute Gasteiger partial charge is 0.227 e. The van der Waals surface area contributed by atoms with Crippen molar-refractivity contribution >= 4 is 17.5 Å². The summed E-state index contributed by atoms with van der Waals surface area (Å²) in [6, 6.07) is 17.3. The van der Waals surface area contributed by atoms with Gasteiger partial charge in [-0.25, -0.2) is 0 Å². The Morgan fingerprint density at radius 2 is 1.65 bits per heavy atom. The van der Waals surface area contributed by atoms with E-state index in [1.54, 1.807) is 0 Å². The van der Waals surface area contributed by atoms with Crippen LogP contribution in [0.5, 0.6) is 0 Å². The van der Waals surface area contributed by atoms with Gasteiger partial charge in [-0.3, -0.25) is 9.59 Å². The van der Waals surface area contributed by atoms with Gasteiger partial charge in [-0.2, -0.15) is 0 Å². The molecule has 0 radical (unpaired) electrons. The van der Waals surface area contributed by atoms with Crippen molar-refractivity contribution in [1.29, 1.82) is 0 Å². The van der Waals surface area contributed by atoms with Gasteiger partial charge < -0.3 is 10.6 Å². The first kappa shape index (κ1) is 16.7. The highest BCUT2D eigenvalue weighted by molar-refractivity contribution is 5.88. The molecule has 0 aliphatic rings. The number of carbonyl (C=O) groups is 2. The topological polar surface area (TPSA) is 58.2 Å². The molecule has 2 rings (SSSR count). The number of anilines is 1. The predicted molar refractivity (Wildman–Crippen MR) is 92.1 cm³/mol. The van der Waals surface area contributed by atoms with Gasteiger partial charge in [-0.15, -0.1) is 0 Å². The highest BCUT2D eigenvalue weighted by Crippen LogP contribution is 2.19. The van der Waals surface area contributed by atoms with Crippen LogP contribution in [0.4, 0.5) is 5.69 Å². The van der Waals surface area contributed by atoms with E-state index in [1.165, 1.54) is 6.92 Å². The van der Waals surface area contributed by atoms with Crippen LogP contribution in [-0.2, 0) is 16.1 Å². The Morgan fingerprint density at radius 3 is 2.22 bits per heavy atom. The third kappa shape index (κ3) is 4.95. The summed E-state index contributed by atoms with van der Waals surface area (Å²) in [6.07, 6.45) is 0.761. The molecule has 0 saturated heterocycles. The Labute approximate surface area is 136 Å². The van der Waals surface area contributed by atoms with Crippen molar-refractivity contribution in [2.75, 3.05) is 5.32 Å². The Morgan fingerprint density at radius 1 is 1.00 bits per heavy atom. The third-order valence-electron chi connectivity index (χ3n) is 3.67. The van der Waals surface area contributed by atoms with Crippen molar-refractivity contribution in [2.24, 2.45) is 0 Å². The molecule has 120 valence electrons. The molecule has 2 aromatic carbocycles. The minimum atomic E-state index is -0.130. The van der Waals surface area contributed by atoms with Crippen molar-refractivity contribution in [2.45, 2.75) is 32.7 Å². The number of carbonyl (C=O) groups excluding carboxylic acids is 2. The molecule has 0 spiro atoms. The molecular weight excluding hydrogens is 288 g/mol. The van der Waals surface area contributed by atoms with Crippen LogP contribution in [0.15, 0.2) is 54.6 Å². The molecule has 2 N–H and O–H groups in total. The van der Waals surface area contributed by atoms with Crippen LogP contribution in [0.2, 0.25) is 0 Å². The van der Waals surface area contributed by atoms with Gasteiger partial charge in [0.15, 0.2) is 0 Å². The fourth-order valence-corrected chi connectivity index (χ4v) is 2.48. The number of benzene rings is 2. The molecule has 2 aromatic rings. The van der Waals surface area contributed by atoms with Crippen molar-refractivity contribution in [1.82, 2.24) is 5.32 Å². The summed E-state index contributed by atoms with van der Waals surface area (Å²) >= 11 is 0. The van der Waals surface area contributed by atoms with Crippen molar-refractivity contribution in [3.05, 3.63) is 65.7 Å². The monoisotopic (exact) mass is 310 g/mol. The Bertz CT molecular complexity index is 651.